The largest absolute Gasteiger partial charge is 0.484 e. The monoisotopic (exact) mass is 365 g/mol. The Morgan fingerprint density at radius 3 is 2.92 bits per heavy atom. The van der Waals surface area contributed by atoms with Crippen molar-refractivity contribution in [3.05, 3.63) is 35.9 Å². The van der Waals surface area contributed by atoms with Crippen LogP contribution < -0.4 is 20.3 Å². The van der Waals surface area contributed by atoms with E-state index in [1.165, 1.54) is 5.57 Å². The Labute approximate surface area is 154 Å². The number of hydrogen-bond acceptors (Lipinski definition) is 4. The first kappa shape index (κ1) is 19.3. The SMILES string of the molecule is Cl.O=C(COc1cccc(N2CCCC2=O)c1)NCC1=CCNCC1. The van der Waals surface area contributed by atoms with Gasteiger partial charge in [0.25, 0.3) is 5.91 Å². The fourth-order valence-corrected chi connectivity index (χ4v) is 2.90. The molecule has 7 heteroatoms. The molecular formula is C18H24ClN3O3. The first-order valence-corrected chi connectivity index (χ1v) is 8.41. The van der Waals surface area contributed by atoms with E-state index >= 15 is 0 Å². The molecule has 1 saturated heterocycles. The molecular weight excluding hydrogens is 342 g/mol. The number of carbonyl (C=O) groups is 2. The molecule has 2 aliphatic rings. The summed E-state index contributed by atoms with van der Waals surface area (Å²) in [4.78, 5) is 25.5. The third-order valence-corrected chi connectivity index (χ3v) is 4.24. The number of carbonyl (C=O) groups excluding carboxylic acids is 2. The number of ether oxygens (including phenoxy) is 1. The van der Waals surface area contributed by atoms with Gasteiger partial charge < -0.3 is 20.3 Å². The molecule has 0 aromatic heterocycles. The topological polar surface area (TPSA) is 70.7 Å². The van der Waals surface area contributed by atoms with Crippen molar-refractivity contribution in [3.63, 3.8) is 0 Å². The Hall–Kier alpha value is -2.05. The molecule has 2 aliphatic heterocycles. The summed E-state index contributed by atoms with van der Waals surface area (Å²) in [7, 11) is 0. The average molecular weight is 366 g/mol. The van der Waals surface area contributed by atoms with E-state index in [2.05, 4.69) is 16.7 Å². The molecule has 2 N–H and O–H groups in total. The summed E-state index contributed by atoms with van der Waals surface area (Å²) in [5.41, 5.74) is 2.08. The van der Waals surface area contributed by atoms with E-state index in [0.717, 1.165) is 38.2 Å². The summed E-state index contributed by atoms with van der Waals surface area (Å²) in [6.45, 7) is 3.12. The minimum Gasteiger partial charge on any atom is -0.484 e. The highest BCUT2D eigenvalue weighted by atomic mass is 35.5. The molecule has 0 atom stereocenters. The molecule has 1 fully saturated rings. The lowest BCUT2D eigenvalue weighted by molar-refractivity contribution is -0.123. The third kappa shape index (κ3) is 5.47. The van der Waals surface area contributed by atoms with Crippen molar-refractivity contribution in [1.29, 1.82) is 0 Å². The zero-order chi connectivity index (χ0) is 16.8. The minimum atomic E-state index is -0.142. The fraction of sp³-hybridized carbons (Fsp3) is 0.444. The Morgan fingerprint density at radius 1 is 1.32 bits per heavy atom. The van der Waals surface area contributed by atoms with Gasteiger partial charge in [0.05, 0.1) is 0 Å². The maximum absolute atomic E-state index is 11.9. The Kier molecular flexibility index (Phi) is 7.28. The fourth-order valence-electron chi connectivity index (χ4n) is 2.90. The van der Waals surface area contributed by atoms with Crippen molar-refractivity contribution in [2.45, 2.75) is 19.3 Å². The van der Waals surface area contributed by atoms with Crippen molar-refractivity contribution in [3.8, 4) is 5.75 Å². The van der Waals surface area contributed by atoms with Crippen molar-refractivity contribution in [2.75, 3.05) is 37.7 Å². The molecule has 0 saturated carbocycles. The summed E-state index contributed by atoms with van der Waals surface area (Å²) in [5, 5.41) is 6.11. The predicted molar refractivity (Wildman–Crippen MR) is 99.4 cm³/mol. The van der Waals surface area contributed by atoms with Crippen LogP contribution in [0.15, 0.2) is 35.9 Å². The third-order valence-electron chi connectivity index (χ3n) is 4.24. The van der Waals surface area contributed by atoms with E-state index in [1.807, 2.05) is 18.2 Å². The molecule has 2 amide bonds. The molecule has 25 heavy (non-hydrogen) atoms. The number of nitrogens with one attached hydrogen (secondary N) is 2. The van der Waals surface area contributed by atoms with Gasteiger partial charge in [0, 0.05) is 37.8 Å². The molecule has 136 valence electrons. The van der Waals surface area contributed by atoms with Crippen LogP contribution in [0.25, 0.3) is 0 Å². The van der Waals surface area contributed by atoms with Crippen molar-refractivity contribution in [1.82, 2.24) is 10.6 Å². The number of benzene rings is 1. The second-order valence-corrected chi connectivity index (χ2v) is 6.03. The van der Waals surface area contributed by atoms with Crippen LogP contribution in [0, 0.1) is 0 Å². The van der Waals surface area contributed by atoms with Crippen LogP contribution in [-0.2, 0) is 9.59 Å². The average Bonchev–Trinajstić information content (AvgIpc) is 3.05. The van der Waals surface area contributed by atoms with E-state index in [1.54, 1.807) is 11.0 Å². The molecule has 0 spiro atoms. The molecule has 1 aromatic carbocycles. The van der Waals surface area contributed by atoms with Gasteiger partial charge in [-0.1, -0.05) is 17.7 Å². The van der Waals surface area contributed by atoms with Gasteiger partial charge in [-0.25, -0.2) is 0 Å². The standard InChI is InChI=1S/C18H23N3O3.ClH/c22-17(20-12-14-6-8-19-9-7-14)13-24-16-4-1-3-15(11-16)21-10-2-5-18(21)23;/h1,3-4,6,11,19H,2,5,7-10,12-13H2,(H,20,22);1H. The molecule has 1 aromatic rings. The van der Waals surface area contributed by atoms with Crippen LogP contribution in [0.2, 0.25) is 0 Å². The highest BCUT2D eigenvalue weighted by Gasteiger charge is 2.21. The molecule has 0 unspecified atom stereocenters. The van der Waals surface area contributed by atoms with E-state index < -0.39 is 0 Å². The van der Waals surface area contributed by atoms with Crippen LogP contribution in [0.5, 0.6) is 5.75 Å². The highest BCUT2D eigenvalue weighted by Crippen LogP contribution is 2.25. The Bertz CT molecular complexity index is 648. The van der Waals surface area contributed by atoms with Crippen molar-refractivity contribution in [2.24, 2.45) is 0 Å². The van der Waals surface area contributed by atoms with Gasteiger partial charge in [0.15, 0.2) is 6.61 Å². The van der Waals surface area contributed by atoms with E-state index in [0.29, 0.717) is 18.7 Å². The van der Waals surface area contributed by atoms with E-state index in [-0.39, 0.29) is 30.8 Å². The van der Waals surface area contributed by atoms with Gasteiger partial charge >= 0.3 is 0 Å². The number of hydrogen-bond donors (Lipinski definition) is 2. The predicted octanol–water partition coefficient (Wildman–Crippen LogP) is 1.65. The summed E-state index contributed by atoms with van der Waals surface area (Å²) in [6, 6.07) is 7.34. The van der Waals surface area contributed by atoms with Crippen LogP contribution in [-0.4, -0.2) is 44.6 Å². The lowest BCUT2D eigenvalue weighted by Crippen LogP contribution is -2.32. The maximum atomic E-state index is 11.9. The molecule has 0 aliphatic carbocycles. The zero-order valence-corrected chi connectivity index (χ0v) is 14.9. The molecule has 3 rings (SSSR count). The van der Waals surface area contributed by atoms with E-state index in [9.17, 15) is 9.59 Å². The van der Waals surface area contributed by atoms with Crippen LogP contribution in [0.1, 0.15) is 19.3 Å². The smallest absolute Gasteiger partial charge is 0.258 e. The second-order valence-electron chi connectivity index (χ2n) is 6.03. The number of rotatable bonds is 6. The van der Waals surface area contributed by atoms with Crippen LogP contribution in [0.3, 0.4) is 0 Å². The van der Waals surface area contributed by atoms with Crippen LogP contribution >= 0.6 is 12.4 Å². The summed E-state index contributed by atoms with van der Waals surface area (Å²) < 4.78 is 5.56. The number of halogens is 1. The molecule has 0 bridgehead atoms. The van der Waals surface area contributed by atoms with Crippen molar-refractivity contribution >= 4 is 29.9 Å². The first-order chi connectivity index (χ1) is 11.7. The lowest BCUT2D eigenvalue weighted by atomic mass is 10.1. The van der Waals surface area contributed by atoms with Crippen LogP contribution in [0.4, 0.5) is 5.69 Å². The van der Waals surface area contributed by atoms with Gasteiger partial charge in [0.2, 0.25) is 5.91 Å². The van der Waals surface area contributed by atoms with Gasteiger partial charge in [-0.3, -0.25) is 9.59 Å². The number of amides is 2. The number of anilines is 1. The lowest BCUT2D eigenvalue weighted by Gasteiger charge is -2.17. The summed E-state index contributed by atoms with van der Waals surface area (Å²) in [5.74, 6) is 0.598. The molecule has 2 heterocycles. The quantitative estimate of drug-likeness (QED) is 0.752. The second kappa shape index (κ2) is 9.44. The van der Waals surface area contributed by atoms with Gasteiger partial charge in [0.1, 0.15) is 5.75 Å². The first-order valence-electron chi connectivity index (χ1n) is 8.41. The minimum absolute atomic E-state index is 0. The molecule has 6 nitrogen and oxygen atoms in total. The summed E-state index contributed by atoms with van der Waals surface area (Å²) >= 11 is 0. The Balaban J connectivity index is 0.00000225. The Morgan fingerprint density at radius 2 is 2.20 bits per heavy atom. The molecule has 0 radical (unpaired) electrons. The zero-order valence-electron chi connectivity index (χ0n) is 14.1. The van der Waals surface area contributed by atoms with Crippen molar-refractivity contribution < 1.29 is 14.3 Å². The number of nitrogens with zero attached hydrogens (tertiary/aromatic N) is 1. The van der Waals surface area contributed by atoms with Gasteiger partial charge in [-0.05, 0) is 31.5 Å². The van der Waals surface area contributed by atoms with Gasteiger partial charge in [-0.15, -0.1) is 12.4 Å². The van der Waals surface area contributed by atoms with Gasteiger partial charge in [-0.2, -0.15) is 0 Å². The normalized spacial score (nSPS) is 16.9. The van der Waals surface area contributed by atoms with E-state index in [4.69, 9.17) is 4.74 Å². The maximum Gasteiger partial charge on any atom is 0.258 e. The highest BCUT2D eigenvalue weighted by molar-refractivity contribution is 5.95. The summed E-state index contributed by atoms with van der Waals surface area (Å²) in [6.07, 6.45) is 4.56.